The Labute approximate surface area is 141 Å². The summed E-state index contributed by atoms with van der Waals surface area (Å²) in [7, 11) is 0. The highest BCUT2D eigenvalue weighted by Gasteiger charge is 2.23. The normalized spacial score (nSPS) is 17.4. The second-order valence-corrected chi connectivity index (χ2v) is 6.32. The van der Waals surface area contributed by atoms with Crippen molar-refractivity contribution in [2.75, 3.05) is 32.8 Å². The van der Waals surface area contributed by atoms with E-state index in [0.29, 0.717) is 5.69 Å². The highest BCUT2D eigenvalue weighted by Crippen LogP contribution is 2.26. The van der Waals surface area contributed by atoms with Crippen LogP contribution in [0.3, 0.4) is 0 Å². The summed E-state index contributed by atoms with van der Waals surface area (Å²) in [6.45, 7) is 5.03. The van der Waals surface area contributed by atoms with Gasteiger partial charge in [0.05, 0.1) is 6.61 Å². The number of fused-ring (bicyclic) bond motifs is 1. The number of pyridine rings is 1. The van der Waals surface area contributed by atoms with E-state index >= 15 is 0 Å². The van der Waals surface area contributed by atoms with Crippen molar-refractivity contribution in [2.45, 2.75) is 13.0 Å². The first-order valence-corrected chi connectivity index (χ1v) is 8.47. The van der Waals surface area contributed by atoms with Gasteiger partial charge in [-0.3, -0.25) is 14.7 Å². The molecule has 1 amide bonds. The lowest BCUT2D eigenvalue weighted by molar-refractivity contribution is 0.0622. The lowest BCUT2D eigenvalue weighted by Gasteiger charge is -2.34. The minimum atomic E-state index is 0.0323. The fourth-order valence-corrected chi connectivity index (χ4v) is 3.36. The Morgan fingerprint density at radius 3 is 2.79 bits per heavy atom. The first-order valence-electron chi connectivity index (χ1n) is 8.47. The largest absolute Gasteiger partial charge is 0.493 e. The van der Waals surface area contributed by atoms with E-state index in [1.165, 1.54) is 11.1 Å². The number of ether oxygens (including phenoxy) is 1. The Kier molecular flexibility index (Phi) is 4.17. The number of carbonyl (C=O) groups is 1. The molecule has 5 heteroatoms. The van der Waals surface area contributed by atoms with Crippen LogP contribution in [0.2, 0.25) is 0 Å². The fraction of sp³-hybridized carbons (Fsp3) is 0.368. The van der Waals surface area contributed by atoms with Crippen molar-refractivity contribution in [3.8, 4) is 5.75 Å². The molecule has 0 radical (unpaired) electrons. The van der Waals surface area contributed by atoms with Crippen LogP contribution >= 0.6 is 0 Å². The molecule has 3 heterocycles. The van der Waals surface area contributed by atoms with Gasteiger partial charge in [0, 0.05) is 45.3 Å². The van der Waals surface area contributed by atoms with E-state index in [-0.39, 0.29) is 5.91 Å². The maximum Gasteiger partial charge on any atom is 0.272 e. The average Bonchev–Trinajstić information content (AvgIpc) is 3.10. The lowest BCUT2D eigenvalue weighted by Crippen LogP contribution is -2.48. The zero-order valence-electron chi connectivity index (χ0n) is 13.6. The van der Waals surface area contributed by atoms with E-state index in [2.05, 4.69) is 28.1 Å². The van der Waals surface area contributed by atoms with Crippen LogP contribution in [-0.4, -0.2) is 53.5 Å². The second kappa shape index (κ2) is 6.61. The molecule has 24 heavy (non-hydrogen) atoms. The summed E-state index contributed by atoms with van der Waals surface area (Å²) >= 11 is 0. The summed E-state index contributed by atoms with van der Waals surface area (Å²) in [5.74, 6) is 1.06. The van der Waals surface area contributed by atoms with Crippen LogP contribution < -0.4 is 4.74 Å². The highest BCUT2D eigenvalue weighted by molar-refractivity contribution is 5.92. The van der Waals surface area contributed by atoms with Gasteiger partial charge in [0.25, 0.3) is 5.91 Å². The average molecular weight is 323 g/mol. The van der Waals surface area contributed by atoms with Gasteiger partial charge in [-0.25, -0.2) is 0 Å². The molecule has 0 N–H and O–H groups in total. The molecule has 2 aromatic rings. The molecular weight excluding hydrogens is 302 g/mol. The van der Waals surface area contributed by atoms with Gasteiger partial charge in [-0.15, -0.1) is 0 Å². The summed E-state index contributed by atoms with van der Waals surface area (Å²) in [5, 5.41) is 0. The van der Waals surface area contributed by atoms with E-state index in [4.69, 9.17) is 4.74 Å². The Morgan fingerprint density at radius 1 is 1.12 bits per heavy atom. The van der Waals surface area contributed by atoms with Gasteiger partial charge >= 0.3 is 0 Å². The summed E-state index contributed by atoms with van der Waals surface area (Å²) in [4.78, 5) is 20.9. The standard InChI is InChI=1S/C19H21N3O2/c23-19(17-3-1-2-7-20-17)22-10-8-21(9-11-22)14-15-4-5-18-16(13-15)6-12-24-18/h1-5,7,13H,6,8-12,14H2. The van der Waals surface area contributed by atoms with Gasteiger partial charge in [0.2, 0.25) is 0 Å². The van der Waals surface area contributed by atoms with Gasteiger partial charge in [-0.2, -0.15) is 0 Å². The maximum absolute atomic E-state index is 12.4. The molecule has 0 unspecified atom stereocenters. The molecule has 0 aliphatic carbocycles. The third-order valence-electron chi connectivity index (χ3n) is 4.70. The summed E-state index contributed by atoms with van der Waals surface area (Å²) in [6.07, 6.45) is 2.68. The molecule has 0 atom stereocenters. The number of aromatic nitrogens is 1. The number of piperazine rings is 1. The third-order valence-corrected chi connectivity index (χ3v) is 4.70. The molecule has 1 aromatic heterocycles. The second-order valence-electron chi connectivity index (χ2n) is 6.32. The van der Waals surface area contributed by atoms with E-state index in [1.807, 2.05) is 17.0 Å². The number of hydrogen-bond acceptors (Lipinski definition) is 4. The van der Waals surface area contributed by atoms with Crippen molar-refractivity contribution in [1.29, 1.82) is 0 Å². The Bertz CT molecular complexity index is 725. The zero-order valence-corrected chi connectivity index (χ0v) is 13.6. The number of hydrogen-bond donors (Lipinski definition) is 0. The van der Waals surface area contributed by atoms with Gasteiger partial charge in [-0.1, -0.05) is 18.2 Å². The molecule has 124 valence electrons. The van der Waals surface area contributed by atoms with Gasteiger partial charge in [0.15, 0.2) is 0 Å². The predicted molar refractivity (Wildman–Crippen MR) is 91.1 cm³/mol. The summed E-state index contributed by atoms with van der Waals surface area (Å²) in [5.41, 5.74) is 3.17. The number of nitrogens with zero attached hydrogens (tertiary/aromatic N) is 3. The SMILES string of the molecule is O=C(c1ccccn1)N1CCN(Cc2ccc3c(c2)CCO3)CC1. The van der Waals surface area contributed by atoms with E-state index in [1.54, 1.807) is 12.3 Å². The fourth-order valence-electron chi connectivity index (χ4n) is 3.36. The van der Waals surface area contributed by atoms with Crippen LogP contribution in [0.4, 0.5) is 0 Å². The molecular formula is C19H21N3O2. The molecule has 4 rings (SSSR count). The van der Waals surface area contributed by atoms with Crippen molar-refractivity contribution >= 4 is 5.91 Å². The Hall–Kier alpha value is -2.40. The highest BCUT2D eigenvalue weighted by atomic mass is 16.5. The first kappa shape index (κ1) is 15.1. The third kappa shape index (κ3) is 3.12. The van der Waals surface area contributed by atoms with Crippen LogP contribution in [0.1, 0.15) is 21.6 Å². The summed E-state index contributed by atoms with van der Waals surface area (Å²) < 4.78 is 5.56. The zero-order chi connectivity index (χ0) is 16.4. The molecule has 1 fully saturated rings. The molecule has 0 spiro atoms. The number of benzene rings is 1. The molecule has 2 aliphatic heterocycles. The molecule has 1 saturated heterocycles. The van der Waals surface area contributed by atoms with Crippen molar-refractivity contribution in [2.24, 2.45) is 0 Å². The van der Waals surface area contributed by atoms with Crippen molar-refractivity contribution < 1.29 is 9.53 Å². The smallest absolute Gasteiger partial charge is 0.272 e. The minimum absolute atomic E-state index is 0.0323. The van der Waals surface area contributed by atoms with Gasteiger partial charge in [0.1, 0.15) is 11.4 Å². The first-order chi connectivity index (χ1) is 11.8. The number of carbonyl (C=O) groups excluding carboxylic acids is 1. The maximum atomic E-state index is 12.4. The number of rotatable bonds is 3. The number of amides is 1. The van der Waals surface area contributed by atoms with Crippen LogP contribution in [0.5, 0.6) is 5.75 Å². The minimum Gasteiger partial charge on any atom is -0.493 e. The van der Waals surface area contributed by atoms with E-state index < -0.39 is 0 Å². The van der Waals surface area contributed by atoms with Crippen molar-refractivity contribution in [3.63, 3.8) is 0 Å². The van der Waals surface area contributed by atoms with Gasteiger partial charge in [-0.05, 0) is 29.3 Å². The lowest BCUT2D eigenvalue weighted by atomic mass is 10.1. The molecule has 2 aliphatic rings. The van der Waals surface area contributed by atoms with Crippen LogP contribution in [0.25, 0.3) is 0 Å². The Balaban J connectivity index is 1.34. The monoisotopic (exact) mass is 323 g/mol. The van der Waals surface area contributed by atoms with Crippen molar-refractivity contribution in [3.05, 3.63) is 59.4 Å². The van der Waals surface area contributed by atoms with Crippen LogP contribution in [0, 0.1) is 0 Å². The quantitative estimate of drug-likeness (QED) is 0.866. The van der Waals surface area contributed by atoms with Crippen LogP contribution in [-0.2, 0) is 13.0 Å². The van der Waals surface area contributed by atoms with Gasteiger partial charge < -0.3 is 9.64 Å². The molecule has 0 saturated carbocycles. The molecule has 0 bridgehead atoms. The van der Waals surface area contributed by atoms with Crippen molar-refractivity contribution in [1.82, 2.24) is 14.8 Å². The van der Waals surface area contributed by atoms with E-state index in [0.717, 1.165) is 51.5 Å². The molecule has 5 nitrogen and oxygen atoms in total. The Morgan fingerprint density at radius 2 is 2.00 bits per heavy atom. The topological polar surface area (TPSA) is 45.7 Å². The van der Waals surface area contributed by atoms with E-state index in [9.17, 15) is 4.79 Å². The summed E-state index contributed by atoms with van der Waals surface area (Å²) in [6, 6.07) is 12.0. The molecule has 1 aromatic carbocycles. The predicted octanol–water partition coefficient (Wildman–Crippen LogP) is 1.97. The van der Waals surface area contributed by atoms with Crippen LogP contribution in [0.15, 0.2) is 42.6 Å².